The summed E-state index contributed by atoms with van der Waals surface area (Å²) in [6.07, 6.45) is 2.14. The first-order valence-corrected chi connectivity index (χ1v) is 8.21. The number of carbonyl (C=O) groups excluding carboxylic acids is 1. The molecule has 1 atom stereocenters. The molecule has 0 saturated carbocycles. The minimum atomic E-state index is -0.151. The SMILES string of the molecule is COC(=O)C(COc1cccc(C)c1)C1CCSCC1. The first kappa shape index (κ1) is 15.2. The Morgan fingerprint density at radius 3 is 2.80 bits per heavy atom. The van der Waals surface area contributed by atoms with Crippen molar-refractivity contribution in [2.75, 3.05) is 25.2 Å². The molecule has 1 saturated heterocycles. The summed E-state index contributed by atoms with van der Waals surface area (Å²) >= 11 is 1.96. The smallest absolute Gasteiger partial charge is 0.312 e. The molecule has 3 nitrogen and oxygen atoms in total. The maximum atomic E-state index is 12.0. The third-order valence-corrected chi connectivity index (χ3v) is 4.81. The van der Waals surface area contributed by atoms with Crippen LogP contribution in [0.3, 0.4) is 0 Å². The van der Waals surface area contributed by atoms with Crippen molar-refractivity contribution in [3.8, 4) is 5.75 Å². The Kier molecular flexibility index (Phi) is 5.77. The normalized spacial score (nSPS) is 17.5. The third kappa shape index (κ3) is 4.17. The van der Waals surface area contributed by atoms with Crippen LogP contribution in [-0.4, -0.2) is 31.2 Å². The number of esters is 1. The highest BCUT2D eigenvalue weighted by atomic mass is 32.2. The first-order chi connectivity index (χ1) is 9.70. The van der Waals surface area contributed by atoms with E-state index in [1.807, 2.05) is 43.0 Å². The van der Waals surface area contributed by atoms with E-state index in [2.05, 4.69) is 0 Å². The Labute approximate surface area is 125 Å². The van der Waals surface area contributed by atoms with Crippen LogP contribution in [0.1, 0.15) is 18.4 Å². The molecule has 0 aliphatic carbocycles. The van der Waals surface area contributed by atoms with Gasteiger partial charge in [0.25, 0.3) is 0 Å². The average Bonchev–Trinajstić information content (AvgIpc) is 2.48. The Hall–Kier alpha value is -1.16. The molecule has 1 aliphatic rings. The molecule has 0 spiro atoms. The monoisotopic (exact) mass is 294 g/mol. The zero-order valence-corrected chi connectivity index (χ0v) is 12.9. The molecular formula is C16H22O3S. The van der Waals surface area contributed by atoms with Crippen molar-refractivity contribution < 1.29 is 14.3 Å². The van der Waals surface area contributed by atoms with E-state index < -0.39 is 0 Å². The van der Waals surface area contributed by atoms with Gasteiger partial charge in [0.1, 0.15) is 12.4 Å². The Bertz CT molecular complexity index is 441. The van der Waals surface area contributed by atoms with Gasteiger partial charge in [-0.05, 0) is 54.9 Å². The summed E-state index contributed by atoms with van der Waals surface area (Å²) in [6, 6.07) is 7.92. The number of thioether (sulfide) groups is 1. The highest BCUT2D eigenvalue weighted by Gasteiger charge is 2.31. The van der Waals surface area contributed by atoms with E-state index in [9.17, 15) is 4.79 Å². The zero-order valence-electron chi connectivity index (χ0n) is 12.1. The molecule has 0 N–H and O–H groups in total. The lowest BCUT2D eigenvalue weighted by molar-refractivity contribution is -0.148. The third-order valence-electron chi connectivity index (χ3n) is 3.76. The van der Waals surface area contributed by atoms with Crippen molar-refractivity contribution >= 4 is 17.7 Å². The van der Waals surface area contributed by atoms with Gasteiger partial charge in [0.2, 0.25) is 0 Å². The van der Waals surface area contributed by atoms with E-state index in [0.717, 1.165) is 35.7 Å². The van der Waals surface area contributed by atoms with Crippen molar-refractivity contribution in [2.45, 2.75) is 19.8 Å². The van der Waals surface area contributed by atoms with Crippen molar-refractivity contribution in [1.82, 2.24) is 0 Å². The van der Waals surface area contributed by atoms with Crippen molar-refractivity contribution in [1.29, 1.82) is 0 Å². The van der Waals surface area contributed by atoms with E-state index in [1.54, 1.807) is 0 Å². The fourth-order valence-electron chi connectivity index (χ4n) is 2.56. The van der Waals surface area contributed by atoms with Gasteiger partial charge in [0.15, 0.2) is 0 Å². The predicted molar refractivity (Wildman–Crippen MR) is 82.2 cm³/mol. The second-order valence-electron chi connectivity index (χ2n) is 5.21. The van der Waals surface area contributed by atoms with Gasteiger partial charge in [-0.25, -0.2) is 0 Å². The first-order valence-electron chi connectivity index (χ1n) is 7.05. The van der Waals surface area contributed by atoms with E-state index in [4.69, 9.17) is 9.47 Å². The van der Waals surface area contributed by atoms with Gasteiger partial charge in [-0.2, -0.15) is 11.8 Å². The molecule has 1 aromatic rings. The van der Waals surface area contributed by atoms with Crippen molar-refractivity contribution in [2.24, 2.45) is 11.8 Å². The number of carbonyl (C=O) groups is 1. The van der Waals surface area contributed by atoms with Gasteiger partial charge in [-0.1, -0.05) is 12.1 Å². The van der Waals surface area contributed by atoms with E-state index >= 15 is 0 Å². The van der Waals surface area contributed by atoms with Gasteiger partial charge in [-0.3, -0.25) is 4.79 Å². The molecule has 1 heterocycles. The maximum absolute atomic E-state index is 12.0. The molecule has 4 heteroatoms. The summed E-state index contributed by atoms with van der Waals surface area (Å²) < 4.78 is 10.8. The summed E-state index contributed by atoms with van der Waals surface area (Å²) in [7, 11) is 1.46. The molecule has 0 radical (unpaired) electrons. The van der Waals surface area contributed by atoms with E-state index in [-0.39, 0.29) is 11.9 Å². The van der Waals surface area contributed by atoms with Gasteiger partial charge >= 0.3 is 5.97 Å². The van der Waals surface area contributed by atoms with Crippen LogP contribution in [0, 0.1) is 18.8 Å². The maximum Gasteiger partial charge on any atom is 0.312 e. The minimum absolute atomic E-state index is 0.144. The van der Waals surface area contributed by atoms with Gasteiger partial charge in [-0.15, -0.1) is 0 Å². The van der Waals surface area contributed by atoms with Gasteiger partial charge in [0.05, 0.1) is 13.0 Å². The Morgan fingerprint density at radius 1 is 1.40 bits per heavy atom. The molecule has 2 rings (SSSR count). The summed E-state index contributed by atoms with van der Waals surface area (Å²) in [5, 5.41) is 0. The molecular weight excluding hydrogens is 272 g/mol. The van der Waals surface area contributed by atoms with Crippen LogP contribution in [0.2, 0.25) is 0 Å². The lowest BCUT2D eigenvalue weighted by atomic mass is 9.88. The van der Waals surface area contributed by atoms with Crippen LogP contribution in [0.15, 0.2) is 24.3 Å². The van der Waals surface area contributed by atoms with Crippen molar-refractivity contribution in [3.05, 3.63) is 29.8 Å². The Morgan fingerprint density at radius 2 is 2.15 bits per heavy atom. The number of aryl methyl sites for hydroxylation is 1. The van der Waals surface area contributed by atoms with Gasteiger partial charge in [0, 0.05) is 0 Å². The number of rotatable bonds is 5. The van der Waals surface area contributed by atoms with Crippen molar-refractivity contribution in [3.63, 3.8) is 0 Å². The second-order valence-corrected chi connectivity index (χ2v) is 6.43. The molecule has 0 aromatic heterocycles. The number of benzene rings is 1. The molecule has 0 amide bonds. The molecule has 110 valence electrons. The summed E-state index contributed by atoms with van der Waals surface area (Å²) in [5.41, 5.74) is 1.16. The number of ether oxygens (including phenoxy) is 2. The van der Waals surface area contributed by atoms with E-state index in [0.29, 0.717) is 12.5 Å². The highest BCUT2D eigenvalue weighted by molar-refractivity contribution is 7.99. The molecule has 1 fully saturated rings. The fraction of sp³-hybridized carbons (Fsp3) is 0.562. The number of methoxy groups -OCH3 is 1. The lowest BCUT2D eigenvalue weighted by Crippen LogP contribution is -2.32. The summed E-state index contributed by atoms with van der Waals surface area (Å²) in [4.78, 5) is 12.0. The summed E-state index contributed by atoms with van der Waals surface area (Å²) in [5.74, 6) is 3.17. The molecule has 1 aromatic carbocycles. The molecule has 1 aliphatic heterocycles. The molecule has 0 bridgehead atoms. The predicted octanol–water partition coefficient (Wildman–Crippen LogP) is 3.31. The van der Waals surface area contributed by atoms with Crippen LogP contribution in [-0.2, 0) is 9.53 Å². The molecule has 1 unspecified atom stereocenters. The average molecular weight is 294 g/mol. The van der Waals surface area contributed by atoms with Crippen LogP contribution in [0.5, 0.6) is 5.75 Å². The van der Waals surface area contributed by atoms with Crippen LogP contribution in [0.4, 0.5) is 0 Å². The number of hydrogen-bond donors (Lipinski definition) is 0. The van der Waals surface area contributed by atoms with Gasteiger partial charge < -0.3 is 9.47 Å². The quantitative estimate of drug-likeness (QED) is 0.781. The minimum Gasteiger partial charge on any atom is -0.493 e. The summed E-state index contributed by atoms with van der Waals surface area (Å²) in [6.45, 7) is 2.44. The number of hydrogen-bond acceptors (Lipinski definition) is 4. The topological polar surface area (TPSA) is 35.5 Å². The van der Waals surface area contributed by atoms with Crippen LogP contribution >= 0.6 is 11.8 Å². The van der Waals surface area contributed by atoms with Crippen LogP contribution < -0.4 is 4.74 Å². The second kappa shape index (κ2) is 7.58. The molecule has 20 heavy (non-hydrogen) atoms. The Balaban J connectivity index is 1.98. The van der Waals surface area contributed by atoms with E-state index in [1.165, 1.54) is 7.11 Å². The fourth-order valence-corrected chi connectivity index (χ4v) is 3.70. The lowest BCUT2D eigenvalue weighted by Gasteiger charge is -2.28. The zero-order chi connectivity index (χ0) is 14.4. The largest absolute Gasteiger partial charge is 0.493 e. The van der Waals surface area contributed by atoms with Crippen LogP contribution in [0.25, 0.3) is 0 Å². The highest BCUT2D eigenvalue weighted by Crippen LogP contribution is 2.30. The standard InChI is InChI=1S/C16H22O3S/c1-12-4-3-5-14(10-12)19-11-15(16(17)18-2)13-6-8-20-9-7-13/h3-5,10,13,15H,6-9,11H2,1-2H3.